The highest BCUT2D eigenvalue weighted by atomic mass is 32.2. The predicted molar refractivity (Wildman–Crippen MR) is 136 cm³/mol. The molecule has 0 aliphatic carbocycles. The molecule has 1 aromatic carbocycles. The highest BCUT2D eigenvalue weighted by molar-refractivity contribution is 7.90. The first-order valence-corrected chi connectivity index (χ1v) is 14.1. The van der Waals surface area contributed by atoms with Crippen LogP contribution in [0.5, 0.6) is 5.75 Å². The highest BCUT2D eigenvalue weighted by Gasteiger charge is 2.50. The molecular weight excluding hydrogens is 487 g/mol. The molecular formula is C25H39BO9S. The molecule has 0 amide bonds. The van der Waals surface area contributed by atoms with Crippen LogP contribution >= 0.6 is 0 Å². The van der Waals surface area contributed by atoms with Gasteiger partial charge in [0.25, 0.3) is 0 Å². The maximum atomic E-state index is 13.1. The van der Waals surface area contributed by atoms with Gasteiger partial charge in [0.1, 0.15) is 11.2 Å². The maximum absolute atomic E-state index is 13.1. The topological polar surface area (TPSA) is 114 Å². The third-order valence-electron chi connectivity index (χ3n) is 6.06. The van der Waals surface area contributed by atoms with Gasteiger partial charge in [0.05, 0.1) is 22.7 Å². The molecule has 36 heavy (non-hydrogen) atoms. The quantitative estimate of drug-likeness (QED) is 0.190. The van der Waals surface area contributed by atoms with E-state index in [2.05, 4.69) is 0 Å². The van der Waals surface area contributed by atoms with Gasteiger partial charge < -0.3 is 23.5 Å². The van der Waals surface area contributed by atoms with Crippen molar-refractivity contribution in [2.24, 2.45) is 0 Å². The molecule has 0 bridgehead atoms. The molecule has 0 atom stereocenters. The molecule has 1 fully saturated rings. The van der Waals surface area contributed by atoms with E-state index >= 15 is 0 Å². The monoisotopic (exact) mass is 526 g/mol. The molecule has 11 heteroatoms. The zero-order valence-electron chi connectivity index (χ0n) is 22.9. The van der Waals surface area contributed by atoms with Crippen molar-refractivity contribution in [3.63, 3.8) is 0 Å². The zero-order chi connectivity index (χ0) is 27.5. The largest absolute Gasteiger partial charge is 0.514 e. The summed E-state index contributed by atoms with van der Waals surface area (Å²) in [6, 6.07) is 2.84. The third-order valence-corrected chi connectivity index (χ3v) is 7.20. The summed E-state index contributed by atoms with van der Waals surface area (Å²) in [5.74, 6) is -1.09. The van der Waals surface area contributed by atoms with Crippen molar-refractivity contribution < 1.29 is 41.5 Å². The molecule has 0 spiro atoms. The number of hydrogen-bond donors (Lipinski definition) is 0. The average molecular weight is 526 g/mol. The van der Waals surface area contributed by atoms with Crippen molar-refractivity contribution >= 4 is 29.1 Å². The molecule has 202 valence electrons. The highest BCUT2D eigenvalue weighted by Crippen LogP contribution is 2.39. The van der Waals surface area contributed by atoms with Crippen LogP contribution in [0.3, 0.4) is 0 Å². The SMILES string of the molecule is CCCCOC(=O)c1c(S(C)(=O)=O)ccc(CCB2OC(C)(C)C(C)(C)O2)c1OC(=O)OC(C)(C)C. The van der Waals surface area contributed by atoms with Gasteiger partial charge in [-0.25, -0.2) is 18.0 Å². The van der Waals surface area contributed by atoms with E-state index in [9.17, 15) is 18.0 Å². The lowest BCUT2D eigenvalue weighted by atomic mass is 9.81. The fourth-order valence-electron chi connectivity index (χ4n) is 3.52. The molecule has 1 aromatic rings. The van der Waals surface area contributed by atoms with E-state index in [1.807, 2.05) is 34.6 Å². The van der Waals surface area contributed by atoms with E-state index in [0.717, 1.165) is 12.7 Å². The smallest absolute Gasteiger partial charge is 0.462 e. The van der Waals surface area contributed by atoms with Crippen molar-refractivity contribution in [1.29, 1.82) is 0 Å². The van der Waals surface area contributed by atoms with Crippen LogP contribution in [-0.4, -0.2) is 57.3 Å². The maximum Gasteiger partial charge on any atom is 0.514 e. The average Bonchev–Trinajstić information content (AvgIpc) is 2.90. The van der Waals surface area contributed by atoms with Gasteiger partial charge in [0, 0.05) is 6.26 Å². The molecule has 0 unspecified atom stereocenters. The van der Waals surface area contributed by atoms with Crippen molar-refractivity contribution in [2.75, 3.05) is 12.9 Å². The Balaban J connectivity index is 2.51. The normalized spacial score (nSPS) is 17.1. The number of unbranched alkanes of at least 4 members (excludes halogenated alkanes) is 1. The molecule has 2 rings (SSSR count). The second kappa shape index (κ2) is 11.1. The number of benzene rings is 1. The number of carbonyl (C=O) groups excluding carboxylic acids is 2. The van der Waals surface area contributed by atoms with Gasteiger partial charge in [-0.2, -0.15) is 0 Å². The molecule has 0 radical (unpaired) electrons. The second-order valence-corrected chi connectivity index (χ2v) is 13.0. The minimum absolute atomic E-state index is 0.0998. The number of sulfone groups is 1. The zero-order valence-corrected chi connectivity index (χ0v) is 23.7. The van der Waals surface area contributed by atoms with Gasteiger partial charge in [0.2, 0.25) is 0 Å². The van der Waals surface area contributed by atoms with E-state index in [4.69, 9.17) is 23.5 Å². The molecule has 0 saturated carbocycles. The van der Waals surface area contributed by atoms with Crippen molar-refractivity contribution in [1.82, 2.24) is 0 Å². The van der Waals surface area contributed by atoms with Gasteiger partial charge in [-0.1, -0.05) is 19.4 Å². The fourth-order valence-corrected chi connectivity index (χ4v) is 4.38. The molecule has 0 aromatic heterocycles. The van der Waals surface area contributed by atoms with Gasteiger partial charge in [-0.15, -0.1) is 0 Å². The van der Waals surface area contributed by atoms with Crippen LogP contribution in [0.1, 0.15) is 84.2 Å². The fraction of sp³-hybridized carbons (Fsp3) is 0.680. The summed E-state index contributed by atoms with van der Waals surface area (Å²) in [6.07, 6.45) is 1.94. The summed E-state index contributed by atoms with van der Waals surface area (Å²) in [6.45, 7) is 14.8. The number of ether oxygens (including phenoxy) is 3. The van der Waals surface area contributed by atoms with E-state index in [-0.39, 0.29) is 29.2 Å². The summed E-state index contributed by atoms with van der Waals surface area (Å²) in [5, 5.41) is 0. The van der Waals surface area contributed by atoms with Gasteiger partial charge in [0.15, 0.2) is 15.6 Å². The Labute approximate surface area is 215 Å². The van der Waals surface area contributed by atoms with Crippen molar-refractivity contribution in [2.45, 2.75) is 103 Å². The Bertz CT molecular complexity index is 1060. The summed E-state index contributed by atoms with van der Waals surface area (Å²) in [4.78, 5) is 25.4. The van der Waals surface area contributed by atoms with E-state index in [1.165, 1.54) is 12.1 Å². The Morgan fingerprint density at radius 3 is 2.14 bits per heavy atom. The minimum Gasteiger partial charge on any atom is -0.462 e. The lowest BCUT2D eigenvalue weighted by molar-refractivity contribution is 0.00578. The molecule has 1 aliphatic rings. The lowest BCUT2D eigenvalue weighted by Gasteiger charge is -2.32. The van der Waals surface area contributed by atoms with Crippen LogP contribution in [0.25, 0.3) is 0 Å². The molecule has 0 N–H and O–H groups in total. The number of hydrogen-bond acceptors (Lipinski definition) is 9. The van der Waals surface area contributed by atoms with Gasteiger partial charge >= 0.3 is 19.2 Å². The summed E-state index contributed by atoms with van der Waals surface area (Å²) in [7, 11) is -4.41. The van der Waals surface area contributed by atoms with E-state index < -0.39 is 45.9 Å². The van der Waals surface area contributed by atoms with E-state index in [0.29, 0.717) is 18.3 Å². The Morgan fingerprint density at radius 2 is 1.64 bits per heavy atom. The molecule has 1 aliphatic heterocycles. The number of esters is 1. The van der Waals surface area contributed by atoms with Crippen LogP contribution in [0.15, 0.2) is 17.0 Å². The van der Waals surface area contributed by atoms with Crippen molar-refractivity contribution in [3.8, 4) is 5.75 Å². The van der Waals surface area contributed by atoms with Crippen molar-refractivity contribution in [3.05, 3.63) is 23.3 Å². The minimum atomic E-state index is -3.86. The Kier molecular flexibility index (Phi) is 9.29. The second-order valence-electron chi connectivity index (χ2n) is 11.0. The first-order valence-electron chi connectivity index (χ1n) is 12.2. The summed E-state index contributed by atoms with van der Waals surface area (Å²) in [5.41, 5.74) is -1.82. The van der Waals surface area contributed by atoms with Gasteiger partial charge in [-0.3, -0.25) is 0 Å². The molecule has 1 saturated heterocycles. The third kappa shape index (κ3) is 7.70. The van der Waals surface area contributed by atoms with Crippen LogP contribution in [0.2, 0.25) is 6.32 Å². The van der Waals surface area contributed by atoms with Crippen LogP contribution < -0.4 is 4.74 Å². The lowest BCUT2D eigenvalue weighted by Crippen LogP contribution is -2.41. The number of rotatable bonds is 9. The van der Waals surface area contributed by atoms with Gasteiger partial charge in [-0.05, 0) is 79.3 Å². The molecule has 1 heterocycles. The Morgan fingerprint density at radius 1 is 1.06 bits per heavy atom. The first kappa shape index (κ1) is 30.1. The molecule has 9 nitrogen and oxygen atoms in total. The predicted octanol–water partition coefficient (Wildman–Crippen LogP) is 5.00. The van der Waals surface area contributed by atoms with Crippen LogP contribution in [0, 0.1) is 0 Å². The number of carbonyl (C=O) groups is 2. The van der Waals surface area contributed by atoms with E-state index in [1.54, 1.807) is 20.8 Å². The van der Waals surface area contributed by atoms with Crippen LogP contribution in [-0.2, 0) is 35.0 Å². The summed E-state index contributed by atoms with van der Waals surface area (Å²) >= 11 is 0. The first-order chi connectivity index (χ1) is 16.4. The number of aryl methyl sites for hydroxylation is 1. The summed E-state index contributed by atoms with van der Waals surface area (Å²) < 4.78 is 53.3. The Hall–Kier alpha value is -2.11. The standard InChI is InChI=1S/C25H39BO9S/c1-10-11-16-31-21(27)19-18(36(9,29)30)13-12-17(20(19)32-22(28)33-23(2,3)4)14-15-26-34-24(5,6)25(7,8)35-26/h12-13H,10-11,14-16H2,1-9H3. The van der Waals surface area contributed by atoms with Crippen LogP contribution in [0.4, 0.5) is 4.79 Å².